The van der Waals surface area contributed by atoms with Gasteiger partial charge in [0.15, 0.2) is 0 Å². The molecule has 0 aromatic rings. The summed E-state index contributed by atoms with van der Waals surface area (Å²) in [4.78, 5) is 0. The van der Waals surface area contributed by atoms with Crippen LogP contribution in [-0.4, -0.2) is 26.9 Å². The van der Waals surface area contributed by atoms with Crippen molar-refractivity contribution in [2.75, 3.05) is 20.8 Å². The molecule has 0 saturated heterocycles. The Morgan fingerprint density at radius 2 is 1.88 bits per heavy atom. The van der Waals surface area contributed by atoms with Gasteiger partial charge in [0, 0.05) is 63.6 Å². The Morgan fingerprint density at radius 1 is 1.38 bits per heavy atom. The Bertz CT molecular complexity index is 41.4. The van der Waals surface area contributed by atoms with Crippen LogP contribution in [0.1, 0.15) is 6.92 Å². The maximum absolute atomic E-state index is 4.87. The van der Waals surface area contributed by atoms with Crippen LogP contribution in [0.15, 0.2) is 0 Å². The predicted molar refractivity (Wildman–Crippen MR) is 28.3 cm³/mol. The molecule has 0 aliphatic carbocycles. The summed E-state index contributed by atoms with van der Waals surface area (Å²) in [5, 5.41) is 0. The van der Waals surface area contributed by atoms with Gasteiger partial charge < -0.3 is 9.47 Å². The topological polar surface area (TPSA) is 18.5 Å². The Balaban J connectivity index is 0. The number of ether oxygens (including phenoxy) is 2. The molecule has 0 aromatic heterocycles. The third kappa shape index (κ3) is 7.50. The molecule has 0 rings (SSSR count). The van der Waals surface area contributed by atoms with Gasteiger partial charge in [0.25, 0.3) is 0 Å². The normalized spacial score (nSPS) is 12.4. The Kier molecular flexibility index (Phi) is 13.0. The molecule has 0 spiro atoms. The molecule has 0 bridgehead atoms. The average molecular weight is 256 g/mol. The molecule has 0 fully saturated rings. The zero-order valence-electron chi connectivity index (χ0n) is 5.48. The molecule has 0 N–H and O–H groups in total. The van der Waals surface area contributed by atoms with Crippen molar-refractivity contribution >= 4 is 0 Å². The quantitative estimate of drug-likeness (QED) is 0.738. The van der Waals surface area contributed by atoms with Crippen molar-refractivity contribution in [3.8, 4) is 0 Å². The van der Waals surface area contributed by atoms with Gasteiger partial charge in [-0.2, -0.15) is 0 Å². The SMILES string of the molecule is COCC(C)OC.[Eu]. The summed E-state index contributed by atoms with van der Waals surface area (Å²) in [6.45, 7) is 2.64. The maximum atomic E-state index is 4.87. The first kappa shape index (κ1) is 12.2. The molecule has 2 nitrogen and oxygen atoms in total. The fraction of sp³-hybridized carbons (Fsp3) is 1.00. The Hall–Kier alpha value is 1.50. The molecular weight excluding hydrogens is 244 g/mol. The van der Waals surface area contributed by atoms with E-state index in [0.29, 0.717) is 6.61 Å². The molecular formula is C5H12EuO2. The van der Waals surface area contributed by atoms with Gasteiger partial charge >= 0.3 is 0 Å². The van der Waals surface area contributed by atoms with Crippen LogP contribution in [-0.2, 0) is 9.47 Å². The first-order valence-corrected chi connectivity index (χ1v) is 2.33. The number of rotatable bonds is 3. The molecule has 51 valence electrons. The second-order valence-corrected chi connectivity index (χ2v) is 1.50. The van der Waals surface area contributed by atoms with Crippen LogP contribution in [0.3, 0.4) is 0 Å². The molecule has 0 aromatic carbocycles. The molecule has 0 saturated carbocycles. The fourth-order valence-corrected chi connectivity index (χ4v) is 0.303. The van der Waals surface area contributed by atoms with E-state index in [-0.39, 0.29) is 55.5 Å². The molecule has 0 aliphatic rings. The standard InChI is InChI=1S/C5H12O2.Eu/c1-5(7-3)4-6-2;/h5H,4H2,1-3H3;. The summed E-state index contributed by atoms with van der Waals surface area (Å²) in [7, 11) is 3.33. The number of methoxy groups -OCH3 is 2. The summed E-state index contributed by atoms with van der Waals surface area (Å²) < 4.78 is 9.64. The zero-order valence-corrected chi connectivity index (χ0v) is 7.90. The number of hydrogen-bond acceptors (Lipinski definition) is 2. The van der Waals surface area contributed by atoms with E-state index in [9.17, 15) is 0 Å². The van der Waals surface area contributed by atoms with Crippen LogP contribution < -0.4 is 0 Å². The number of hydrogen-bond donors (Lipinski definition) is 0. The first-order chi connectivity index (χ1) is 3.31. The van der Waals surface area contributed by atoms with Crippen LogP contribution in [0.2, 0.25) is 0 Å². The molecule has 8 heavy (non-hydrogen) atoms. The third-order valence-electron chi connectivity index (χ3n) is 0.804. The monoisotopic (exact) mass is 257 g/mol. The first-order valence-electron chi connectivity index (χ1n) is 2.33. The summed E-state index contributed by atoms with van der Waals surface area (Å²) in [5.74, 6) is 0. The van der Waals surface area contributed by atoms with Crippen molar-refractivity contribution in [2.24, 2.45) is 0 Å². The van der Waals surface area contributed by atoms with E-state index in [1.165, 1.54) is 0 Å². The van der Waals surface area contributed by atoms with E-state index in [1.807, 2.05) is 6.92 Å². The fourth-order valence-electron chi connectivity index (χ4n) is 0.303. The van der Waals surface area contributed by atoms with Crippen LogP contribution in [0, 0.1) is 49.4 Å². The van der Waals surface area contributed by atoms with Crippen LogP contribution >= 0.6 is 0 Å². The van der Waals surface area contributed by atoms with Crippen molar-refractivity contribution in [3.05, 3.63) is 0 Å². The molecule has 1 atom stereocenters. The summed E-state index contributed by atoms with van der Waals surface area (Å²) in [6, 6.07) is 0. The van der Waals surface area contributed by atoms with E-state index >= 15 is 0 Å². The summed E-state index contributed by atoms with van der Waals surface area (Å²) in [5.41, 5.74) is 0. The van der Waals surface area contributed by atoms with Crippen molar-refractivity contribution in [1.29, 1.82) is 0 Å². The van der Waals surface area contributed by atoms with Crippen molar-refractivity contribution in [3.63, 3.8) is 0 Å². The van der Waals surface area contributed by atoms with Gasteiger partial charge in [-0.3, -0.25) is 0 Å². The van der Waals surface area contributed by atoms with E-state index in [2.05, 4.69) is 0 Å². The van der Waals surface area contributed by atoms with Crippen LogP contribution in [0.5, 0.6) is 0 Å². The van der Waals surface area contributed by atoms with Crippen molar-refractivity contribution < 1.29 is 58.9 Å². The predicted octanol–water partition coefficient (Wildman–Crippen LogP) is 0.668. The van der Waals surface area contributed by atoms with Gasteiger partial charge in [-0.05, 0) is 6.92 Å². The Labute approximate surface area is 91.5 Å². The molecule has 0 heterocycles. The van der Waals surface area contributed by atoms with Gasteiger partial charge in [-0.25, -0.2) is 0 Å². The second-order valence-electron chi connectivity index (χ2n) is 1.50. The van der Waals surface area contributed by atoms with E-state index in [1.54, 1.807) is 14.2 Å². The van der Waals surface area contributed by atoms with Crippen molar-refractivity contribution in [1.82, 2.24) is 0 Å². The smallest absolute Gasteiger partial charge is 0.0776 e. The largest absolute Gasteiger partial charge is 0.382 e. The summed E-state index contributed by atoms with van der Waals surface area (Å²) >= 11 is 0. The third-order valence-corrected chi connectivity index (χ3v) is 0.804. The summed E-state index contributed by atoms with van der Waals surface area (Å²) in [6.07, 6.45) is 0.227. The second kappa shape index (κ2) is 8.50. The van der Waals surface area contributed by atoms with Gasteiger partial charge in [0.05, 0.1) is 12.7 Å². The maximum Gasteiger partial charge on any atom is 0.0776 e. The van der Waals surface area contributed by atoms with Gasteiger partial charge in [-0.1, -0.05) is 0 Å². The van der Waals surface area contributed by atoms with E-state index < -0.39 is 0 Å². The minimum Gasteiger partial charge on any atom is -0.382 e. The molecule has 3 heteroatoms. The minimum absolute atomic E-state index is 0. The van der Waals surface area contributed by atoms with E-state index in [0.717, 1.165) is 0 Å². The van der Waals surface area contributed by atoms with Gasteiger partial charge in [0.1, 0.15) is 0 Å². The van der Waals surface area contributed by atoms with Crippen molar-refractivity contribution in [2.45, 2.75) is 13.0 Å². The molecule has 0 amide bonds. The van der Waals surface area contributed by atoms with Crippen LogP contribution in [0.25, 0.3) is 0 Å². The zero-order chi connectivity index (χ0) is 5.70. The average Bonchev–Trinajstić information content (AvgIpc) is 1.68. The van der Waals surface area contributed by atoms with E-state index in [4.69, 9.17) is 9.47 Å². The minimum atomic E-state index is 0. The molecule has 1 radical (unpaired) electrons. The molecule has 0 aliphatic heterocycles. The van der Waals surface area contributed by atoms with Crippen LogP contribution in [0.4, 0.5) is 0 Å². The van der Waals surface area contributed by atoms with Gasteiger partial charge in [-0.15, -0.1) is 0 Å². The van der Waals surface area contributed by atoms with Gasteiger partial charge in [0.2, 0.25) is 0 Å². The Morgan fingerprint density at radius 3 is 2.00 bits per heavy atom. The molecule has 1 unspecified atom stereocenters.